The average Bonchev–Trinajstić information content (AvgIpc) is 3.28. The molecule has 0 saturated heterocycles. The number of amides is 2. The first-order valence-electron chi connectivity index (χ1n) is 10.2. The van der Waals surface area contributed by atoms with Gasteiger partial charge in [-0.05, 0) is 56.3 Å². The van der Waals surface area contributed by atoms with Gasteiger partial charge in [0, 0.05) is 5.69 Å². The summed E-state index contributed by atoms with van der Waals surface area (Å²) in [6.45, 7) is 2.95. The van der Waals surface area contributed by atoms with Crippen LogP contribution >= 0.6 is 0 Å². The van der Waals surface area contributed by atoms with Crippen molar-refractivity contribution < 1.29 is 27.2 Å². The smallest absolute Gasteiger partial charge is 0.265 e. The van der Waals surface area contributed by atoms with Crippen molar-refractivity contribution in [1.29, 1.82) is 0 Å². The topological polar surface area (TPSA) is 118 Å². The highest BCUT2D eigenvalue weighted by molar-refractivity contribution is 7.89. The van der Waals surface area contributed by atoms with E-state index < -0.39 is 28.6 Å². The Kier molecular flexibility index (Phi) is 6.21. The number of benzene rings is 2. The Morgan fingerprint density at radius 1 is 1.15 bits per heavy atom. The zero-order valence-corrected chi connectivity index (χ0v) is 18.9. The first-order valence-corrected chi connectivity index (χ1v) is 11.7. The van der Waals surface area contributed by atoms with E-state index >= 15 is 0 Å². The van der Waals surface area contributed by atoms with Gasteiger partial charge in [-0.15, -0.1) is 0 Å². The lowest BCUT2D eigenvalue weighted by atomic mass is 10.2. The minimum atomic E-state index is -3.97. The first-order chi connectivity index (χ1) is 15.7. The minimum absolute atomic E-state index is 0.0789. The molecule has 0 saturated carbocycles. The second-order valence-electron chi connectivity index (χ2n) is 7.67. The van der Waals surface area contributed by atoms with E-state index in [4.69, 9.17) is 9.15 Å². The fourth-order valence-corrected chi connectivity index (χ4v) is 4.67. The summed E-state index contributed by atoms with van der Waals surface area (Å²) in [6.07, 6.45) is 0.830. The first kappa shape index (κ1) is 22.6. The van der Waals surface area contributed by atoms with Gasteiger partial charge in [0.15, 0.2) is 6.10 Å². The predicted molar refractivity (Wildman–Crippen MR) is 121 cm³/mol. The van der Waals surface area contributed by atoms with Crippen LogP contribution in [-0.4, -0.2) is 37.2 Å². The molecule has 1 aliphatic heterocycles. The van der Waals surface area contributed by atoms with Crippen molar-refractivity contribution in [3.63, 3.8) is 0 Å². The summed E-state index contributed by atoms with van der Waals surface area (Å²) >= 11 is 0. The van der Waals surface area contributed by atoms with Gasteiger partial charge in [0.25, 0.3) is 5.91 Å². The highest BCUT2D eigenvalue weighted by atomic mass is 32.2. The van der Waals surface area contributed by atoms with Gasteiger partial charge in [0.05, 0.1) is 29.9 Å². The van der Waals surface area contributed by atoms with Crippen LogP contribution in [0.3, 0.4) is 0 Å². The predicted octanol–water partition coefficient (Wildman–Crippen LogP) is 3.14. The molecule has 9 nitrogen and oxygen atoms in total. The van der Waals surface area contributed by atoms with Crippen LogP contribution in [0.25, 0.3) is 0 Å². The monoisotopic (exact) mass is 469 g/mol. The summed E-state index contributed by atoms with van der Waals surface area (Å²) in [5, 5.41) is 5.39. The molecule has 2 amide bonds. The zero-order valence-electron chi connectivity index (χ0n) is 18.1. The number of nitrogens with zero attached hydrogens (tertiary/aromatic N) is 1. The summed E-state index contributed by atoms with van der Waals surface area (Å²) < 4.78 is 38.4. The van der Waals surface area contributed by atoms with Crippen molar-refractivity contribution >= 4 is 33.2 Å². The Labute approximate surface area is 191 Å². The third-order valence-corrected chi connectivity index (χ3v) is 6.89. The number of ether oxygens (including phenoxy) is 1. The molecule has 2 N–H and O–H groups in total. The third-order valence-electron chi connectivity index (χ3n) is 5.09. The number of nitrogens with one attached hydrogen (secondary N) is 2. The molecular weight excluding hydrogens is 446 g/mol. The molecule has 0 aliphatic carbocycles. The van der Waals surface area contributed by atoms with Crippen molar-refractivity contribution in [2.45, 2.75) is 31.4 Å². The molecule has 10 heteroatoms. The SMILES string of the molecule is Cc1ccc(S(=O)(=O)N(CC(=O)Nc2ccc3c(c2)NC(=O)[C@@H](C)O3)Cc2ccco2)cc1. The van der Waals surface area contributed by atoms with Crippen LogP contribution in [0.15, 0.2) is 70.2 Å². The van der Waals surface area contributed by atoms with Gasteiger partial charge in [0.2, 0.25) is 15.9 Å². The fourth-order valence-electron chi connectivity index (χ4n) is 3.31. The molecule has 0 bridgehead atoms. The number of furan rings is 1. The lowest BCUT2D eigenvalue weighted by Crippen LogP contribution is -2.37. The van der Waals surface area contributed by atoms with Crippen molar-refractivity contribution in [3.05, 3.63) is 72.2 Å². The maximum Gasteiger partial charge on any atom is 0.265 e. The summed E-state index contributed by atoms with van der Waals surface area (Å²) in [7, 11) is -3.97. The second-order valence-corrected chi connectivity index (χ2v) is 9.61. The van der Waals surface area contributed by atoms with E-state index in [9.17, 15) is 18.0 Å². The highest BCUT2D eigenvalue weighted by Crippen LogP contribution is 2.32. The molecule has 1 aliphatic rings. The van der Waals surface area contributed by atoms with Crippen molar-refractivity contribution in [2.75, 3.05) is 17.2 Å². The van der Waals surface area contributed by atoms with Crippen molar-refractivity contribution in [2.24, 2.45) is 0 Å². The maximum atomic E-state index is 13.3. The Balaban J connectivity index is 1.54. The number of fused-ring (bicyclic) bond motifs is 1. The number of hydrogen-bond acceptors (Lipinski definition) is 6. The highest BCUT2D eigenvalue weighted by Gasteiger charge is 2.28. The standard InChI is InChI=1S/C23H23N3O6S/c1-15-5-8-19(9-6-15)33(29,30)26(13-18-4-3-11-31-18)14-22(27)24-17-7-10-21-20(12-17)25-23(28)16(2)32-21/h3-12,16H,13-14H2,1-2H3,(H,24,27)(H,25,28)/t16-/m1/s1. The molecule has 0 radical (unpaired) electrons. The normalized spacial score (nSPS) is 15.5. The molecule has 2 aromatic carbocycles. The Morgan fingerprint density at radius 3 is 2.61 bits per heavy atom. The number of carbonyl (C=O) groups excluding carboxylic acids is 2. The number of carbonyl (C=O) groups is 2. The van der Waals surface area contributed by atoms with E-state index in [0.717, 1.165) is 9.87 Å². The van der Waals surface area contributed by atoms with Crippen LogP contribution in [0.5, 0.6) is 5.75 Å². The molecule has 1 aromatic heterocycles. The fraction of sp³-hybridized carbons (Fsp3) is 0.217. The molecule has 0 fully saturated rings. The molecule has 0 spiro atoms. The molecule has 33 heavy (non-hydrogen) atoms. The molecule has 4 rings (SSSR count). The number of sulfonamides is 1. The molecule has 172 valence electrons. The number of hydrogen-bond donors (Lipinski definition) is 2. The molecule has 1 atom stereocenters. The maximum absolute atomic E-state index is 13.3. The second kappa shape index (κ2) is 9.08. The molecule has 0 unspecified atom stereocenters. The summed E-state index contributed by atoms with van der Waals surface area (Å²) in [6, 6.07) is 14.5. The lowest BCUT2D eigenvalue weighted by Gasteiger charge is -2.24. The van der Waals surface area contributed by atoms with Gasteiger partial charge >= 0.3 is 0 Å². The van der Waals surface area contributed by atoms with Crippen LogP contribution in [0.2, 0.25) is 0 Å². The van der Waals surface area contributed by atoms with Crippen molar-refractivity contribution in [3.8, 4) is 5.75 Å². The quantitative estimate of drug-likeness (QED) is 0.549. The summed E-state index contributed by atoms with van der Waals surface area (Å²) in [5.74, 6) is 0.0520. The summed E-state index contributed by atoms with van der Waals surface area (Å²) in [4.78, 5) is 24.7. The molecular formula is C23H23N3O6S. The number of anilines is 2. The van der Waals surface area contributed by atoms with Gasteiger partial charge in [-0.25, -0.2) is 8.42 Å². The van der Waals surface area contributed by atoms with Gasteiger partial charge < -0.3 is 19.8 Å². The van der Waals surface area contributed by atoms with E-state index in [0.29, 0.717) is 22.9 Å². The molecule has 2 heterocycles. The van der Waals surface area contributed by atoms with E-state index in [1.165, 1.54) is 18.4 Å². The number of rotatable bonds is 7. The third kappa shape index (κ3) is 5.07. The van der Waals surface area contributed by atoms with Gasteiger partial charge in [-0.1, -0.05) is 17.7 Å². The van der Waals surface area contributed by atoms with E-state index in [1.807, 2.05) is 6.92 Å². The lowest BCUT2D eigenvalue weighted by molar-refractivity contribution is -0.122. The number of aryl methyl sites for hydroxylation is 1. The largest absolute Gasteiger partial charge is 0.479 e. The van der Waals surface area contributed by atoms with Gasteiger partial charge in [-0.3, -0.25) is 9.59 Å². The van der Waals surface area contributed by atoms with Crippen LogP contribution in [0.1, 0.15) is 18.2 Å². The van der Waals surface area contributed by atoms with E-state index in [1.54, 1.807) is 49.4 Å². The van der Waals surface area contributed by atoms with Crippen molar-refractivity contribution in [1.82, 2.24) is 4.31 Å². The van der Waals surface area contributed by atoms with E-state index in [2.05, 4.69) is 10.6 Å². The van der Waals surface area contributed by atoms with Crippen LogP contribution < -0.4 is 15.4 Å². The van der Waals surface area contributed by atoms with Gasteiger partial charge in [-0.2, -0.15) is 4.31 Å². The minimum Gasteiger partial charge on any atom is -0.479 e. The average molecular weight is 470 g/mol. The Hall–Kier alpha value is -3.63. The Morgan fingerprint density at radius 2 is 1.91 bits per heavy atom. The Bertz CT molecular complexity index is 1270. The van der Waals surface area contributed by atoms with Gasteiger partial charge in [0.1, 0.15) is 11.5 Å². The van der Waals surface area contributed by atoms with Crippen LogP contribution in [-0.2, 0) is 26.2 Å². The van der Waals surface area contributed by atoms with E-state index in [-0.39, 0.29) is 17.3 Å². The summed E-state index contributed by atoms with van der Waals surface area (Å²) in [5.41, 5.74) is 1.74. The zero-order chi connectivity index (χ0) is 23.6. The van der Waals surface area contributed by atoms with Crippen LogP contribution in [0, 0.1) is 6.92 Å². The molecule has 3 aromatic rings. The van der Waals surface area contributed by atoms with Crippen LogP contribution in [0.4, 0.5) is 11.4 Å².